The Balaban J connectivity index is 2.55. The van der Waals surface area contributed by atoms with Crippen LogP contribution in [0.3, 0.4) is 0 Å². The van der Waals surface area contributed by atoms with Crippen molar-refractivity contribution in [2.45, 2.75) is 32.6 Å². The van der Waals surface area contributed by atoms with Gasteiger partial charge in [0.25, 0.3) is 0 Å². The molecule has 11 heavy (non-hydrogen) atoms. The Morgan fingerprint density at radius 1 is 1.64 bits per heavy atom. The van der Waals surface area contributed by atoms with E-state index >= 15 is 0 Å². The second-order valence-corrected chi connectivity index (χ2v) is 4.89. The van der Waals surface area contributed by atoms with Gasteiger partial charge in [0.2, 0.25) is 0 Å². The third-order valence-electron chi connectivity index (χ3n) is 1.77. The summed E-state index contributed by atoms with van der Waals surface area (Å²) in [5.74, 6) is 0. The molecule has 1 aliphatic heterocycles. The molecular formula is C9H13FI-. The van der Waals surface area contributed by atoms with Crippen LogP contribution in [0.5, 0.6) is 0 Å². The summed E-state index contributed by atoms with van der Waals surface area (Å²) in [5, 5.41) is 0. The van der Waals surface area contributed by atoms with E-state index in [2.05, 4.69) is 11.0 Å². The Morgan fingerprint density at radius 3 is 3.18 bits per heavy atom. The Bertz CT molecular complexity index is 182. The van der Waals surface area contributed by atoms with Gasteiger partial charge >= 0.3 is 77.8 Å². The Kier molecular flexibility index (Phi) is 4.12. The van der Waals surface area contributed by atoms with Crippen molar-refractivity contribution in [1.82, 2.24) is 0 Å². The predicted molar refractivity (Wildman–Crippen MR) is 41.4 cm³/mol. The first-order valence-corrected chi connectivity index (χ1v) is 6.32. The summed E-state index contributed by atoms with van der Waals surface area (Å²) in [5.41, 5.74) is 1.46. The molecule has 0 fully saturated rings. The summed E-state index contributed by atoms with van der Waals surface area (Å²) >= 11 is -0.407. The molecule has 1 rings (SSSR count). The maximum atomic E-state index is 12.8. The van der Waals surface area contributed by atoms with Crippen LogP contribution in [0.25, 0.3) is 0 Å². The van der Waals surface area contributed by atoms with Crippen molar-refractivity contribution in [2.24, 2.45) is 0 Å². The fourth-order valence-electron chi connectivity index (χ4n) is 1.02. The molecule has 0 nitrogen and oxygen atoms in total. The molecule has 1 heterocycles. The van der Waals surface area contributed by atoms with Crippen LogP contribution in [-0.2, 0) is 0 Å². The Morgan fingerprint density at radius 2 is 2.45 bits per heavy atom. The SMILES string of the molecule is CCC1=C[I-]C(F)=CCCC1. The van der Waals surface area contributed by atoms with Crippen LogP contribution >= 0.6 is 0 Å². The average Bonchev–Trinajstić information content (AvgIpc) is 1.98. The van der Waals surface area contributed by atoms with Gasteiger partial charge in [0.15, 0.2) is 0 Å². The van der Waals surface area contributed by atoms with E-state index in [0.717, 1.165) is 19.3 Å². The molecule has 0 aromatic rings. The van der Waals surface area contributed by atoms with Crippen LogP contribution in [0.4, 0.5) is 4.39 Å². The molecule has 0 spiro atoms. The topological polar surface area (TPSA) is 0 Å². The van der Waals surface area contributed by atoms with Crippen LogP contribution in [0, 0.1) is 0 Å². The van der Waals surface area contributed by atoms with E-state index in [1.54, 1.807) is 6.08 Å². The molecule has 1 aliphatic rings. The van der Waals surface area contributed by atoms with Gasteiger partial charge < -0.3 is 0 Å². The first-order valence-electron chi connectivity index (χ1n) is 4.00. The van der Waals surface area contributed by atoms with Gasteiger partial charge in [0.05, 0.1) is 0 Å². The van der Waals surface area contributed by atoms with Crippen LogP contribution < -0.4 is 21.2 Å². The summed E-state index contributed by atoms with van der Waals surface area (Å²) < 4.78 is 15.1. The molecule has 0 radical (unpaired) electrons. The van der Waals surface area contributed by atoms with Gasteiger partial charge in [0.1, 0.15) is 0 Å². The minimum atomic E-state index is -0.407. The molecule has 0 atom stereocenters. The molecule has 64 valence electrons. The zero-order chi connectivity index (χ0) is 8.10. The minimum absolute atomic E-state index is 0.148. The van der Waals surface area contributed by atoms with Gasteiger partial charge in [-0.05, 0) is 0 Å². The molecule has 0 aromatic carbocycles. The van der Waals surface area contributed by atoms with Gasteiger partial charge in [-0.15, -0.1) is 0 Å². The summed E-state index contributed by atoms with van der Waals surface area (Å²) in [6, 6.07) is 0. The van der Waals surface area contributed by atoms with Crippen LogP contribution in [0.2, 0.25) is 0 Å². The molecule has 0 unspecified atom stereocenters. The van der Waals surface area contributed by atoms with Crippen molar-refractivity contribution in [3.8, 4) is 0 Å². The van der Waals surface area contributed by atoms with Crippen LogP contribution in [-0.4, -0.2) is 0 Å². The number of hydrogen-bond donors (Lipinski definition) is 0. The van der Waals surface area contributed by atoms with Crippen molar-refractivity contribution in [3.63, 3.8) is 0 Å². The molecule has 0 aliphatic carbocycles. The quantitative estimate of drug-likeness (QED) is 0.602. The van der Waals surface area contributed by atoms with Gasteiger partial charge in [-0.1, -0.05) is 0 Å². The van der Waals surface area contributed by atoms with Gasteiger partial charge in [0, 0.05) is 0 Å². The van der Waals surface area contributed by atoms with E-state index in [0.29, 0.717) is 0 Å². The fraction of sp³-hybridized carbons (Fsp3) is 0.556. The molecule has 0 amide bonds. The van der Waals surface area contributed by atoms with Crippen molar-refractivity contribution in [1.29, 1.82) is 0 Å². The first kappa shape index (κ1) is 9.23. The second kappa shape index (κ2) is 4.91. The predicted octanol–water partition coefficient (Wildman–Crippen LogP) is 0.364. The number of rotatable bonds is 1. The second-order valence-electron chi connectivity index (χ2n) is 2.62. The standard InChI is InChI=1S/C9H13FI/c1-2-8-5-3-4-6-9(10)11-7-8/h6-7H,2-5H2,1H3/q-1. The zero-order valence-corrected chi connectivity index (χ0v) is 8.90. The Hall–Kier alpha value is 0.140. The summed E-state index contributed by atoms with van der Waals surface area (Å²) in [6.07, 6.45) is 6.10. The van der Waals surface area contributed by atoms with Crippen molar-refractivity contribution in [2.75, 3.05) is 0 Å². The van der Waals surface area contributed by atoms with E-state index in [1.165, 1.54) is 12.0 Å². The average molecular weight is 267 g/mol. The normalized spacial score (nSPS) is 20.5. The first-order chi connectivity index (χ1) is 5.33. The fourth-order valence-corrected chi connectivity index (χ4v) is 3.08. The van der Waals surface area contributed by atoms with Gasteiger partial charge in [-0.25, -0.2) is 0 Å². The van der Waals surface area contributed by atoms with E-state index in [-0.39, 0.29) is 3.83 Å². The van der Waals surface area contributed by atoms with E-state index < -0.39 is 21.2 Å². The molecule has 0 saturated carbocycles. The third kappa shape index (κ3) is 3.36. The van der Waals surface area contributed by atoms with Crippen molar-refractivity contribution in [3.05, 3.63) is 19.6 Å². The monoisotopic (exact) mass is 267 g/mol. The molecule has 2 heteroatoms. The summed E-state index contributed by atoms with van der Waals surface area (Å²) in [6.45, 7) is 2.15. The Labute approximate surface area is 77.8 Å². The summed E-state index contributed by atoms with van der Waals surface area (Å²) in [4.78, 5) is 0. The number of allylic oxidation sites excluding steroid dienone is 2. The molecular weight excluding hydrogens is 254 g/mol. The van der Waals surface area contributed by atoms with Gasteiger partial charge in [-0.3, -0.25) is 0 Å². The molecule has 0 N–H and O–H groups in total. The molecule has 0 bridgehead atoms. The van der Waals surface area contributed by atoms with Gasteiger partial charge in [-0.2, -0.15) is 0 Å². The third-order valence-corrected chi connectivity index (χ3v) is 4.00. The van der Waals surface area contributed by atoms with Crippen LogP contribution in [0.1, 0.15) is 32.6 Å². The van der Waals surface area contributed by atoms with E-state index in [9.17, 15) is 4.39 Å². The zero-order valence-electron chi connectivity index (χ0n) is 6.74. The van der Waals surface area contributed by atoms with Crippen molar-refractivity contribution >= 4 is 0 Å². The van der Waals surface area contributed by atoms with Crippen LogP contribution in [0.15, 0.2) is 19.6 Å². The molecule has 0 aromatic heterocycles. The van der Waals surface area contributed by atoms with Crippen molar-refractivity contribution < 1.29 is 25.6 Å². The van der Waals surface area contributed by atoms with E-state index in [1.807, 2.05) is 0 Å². The maximum absolute atomic E-state index is 12.8. The molecule has 0 saturated heterocycles. The summed E-state index contributed by atoms with van der Waals surface area (Å²) in [7, 11) is 0. The number of halogens is 2. The van der Waals surface area contributed by atoms with E-state index in [4.69, 9.17) is 0 Å². The number of hydrogen-bond acceptors (Lipinski definition) is 0.